The number of hydrogen-bond acceptors (Lipinski definition) is 2. The van der Waals surface area contributed by atoms with Crippen LogP contribution >= 0.6 is 0 Å². The lowest BCUT2D eigenvalue weighted by atomic mass is 9.81. The van der Waals surface area contributed by atoms with Gasteiger partial charge in [0.05, 0.1) is 5.41 Å². The fourth-order valence-electron chi connectivity index (χ4n) is 2.94. The van der Waals surface area contributed by atoms with Crippen LogP contribution in [0.2, 0.25) is 0 Å². The molecule has 112 valence electrons. The summed E-state index contributed by atoms with van der Waals surface area (Å²) in [5.74, 6) is 0.0375. The van der Waals surface area contributed by atoms with Crippen molar-refractivity contribution in [2.75, 3.05) is 0 Å². The molecule has 0 radical (unpaired) electrons. The highest BCUT2D eigenvalue weighted by atomic mass is 16.6. The number of rotatable bonds is 7. The first kappa shape index (κ1) is 16.5. The molecule has 1 aliphatic carbocycles. The number of carbonyl (C=O) groups excluding carboxylic acids is 1. The Morgan fingerprint density at radius 1 is 1.16 bits per heavy atom. The zero-order valence-electron chi connectivity index (χ0n) is 13.4. The van der Waals surface area contributed by atoms with Crippen molar-refractivity contribution in [3.8, 4) is 0 Å². The zero-order valence-corrected chi connectivity index (χ0v) is 13.4. The molecular formula is C17H32O2. The van der Waals surface area contributed by atoms with E-state index in [9.17, 15) is 4.79 Å². The summed E-state index contributed by atoms with van der Waals surface area (Å²) >= 11 is 0. The van der Waals surface area contributed by atoms with Gasteiger partial charge >= 0.3 is 5.97 Å². The van der Waals surface area contributed by atoms with Crippen LogP contribution in [0.15, 0.2) is 0 Å². The third-order valence-corrected chi connectivity index (χ3v) is 4.86. The first-order chi connectivity index (χ1) is 8.96. The van der Waals surface area contributed by atoms with Crippen molar-refractivity contribution < 1.29 is 9.53 Å². The molecule has 0 saturated heterocycles. The van der Waals surface area contributed by atoms with Gasteiger partial charge < -0.3 is 4.74 Å². The number of carbonyl (C=O) groups is 1. The van der Waals surface area contributed by atoms with Gasteiger partial charge in [-0.1, -0.05) is 39.5 Å². The summed E-state index contributed by atoms with van der Waals surface area (Å²) < 4.78 is 5.93. The molecule has 2 heteroatoms. The Balaban J connectivity index is 2.56. The number of esters is 1. The van der Waals surface area contributed by atoms with E-state index >= 15 is 0 Å². The van der Waals surface area contributed by atoms with Gasteiger partial charge in [0.15, 0.2) is 0 Å². The van der Waals surface area contributed by atoms with E-state index in [1.807, 2.05) is 0 Å². The Morgan fingerprint density at radius 2 is 1.79 bits per heavy atom. The Bertz CT molecular complexity index is 279. The van der Waals surface area contributed by atoms with Gasteiger partial charge in [-0.15, -0.1) is 0 Å². The molecule has 0 spiro atoms. The first-order valence-corrected chi connectivity index (χ1v) is 8.19. The maximum atomic E-state index is 12.5. The molecule has 0 heterocycles. The van der Waals surface area contributed by atoms with Crippen LogP contribution in [-0.4, -0.2) is 11.6 Å². The fourth-order valence-corrected chi connectivity index (χ4v) is 2.94. The second kappa shape index (κ2) is 7.31. The van der Waals surface area contributed by atoms with Crippen LogP contribution in [0.5, 0.6) is 0 Å². The molecule has 0 aromatic heterocycles. The van der Waals surface area contributed by atoms with Crippen molar-refractivity contribution in [1.82, 2.24) is 0 Å². The van der Waals surface area contributed by atoms with Gasteiger partial charge in [0, 0.05) is 0 Å². The van der Waals surface area contributed by atoms with Gasteiger partial charge in [-0.3, -0.25) is 4.79 Å². The summed E-state index contributed by atoms with van der Waals surface area (Å²) in [7, 11) is 0. The minimum atomic E-state index is -0.282. The normalized spacial score (nSPS) is 21.7. The van der Waals surface area contributed by atoms with Crippen LogP contribution in [0.1, 0.15) is 91.9 Å². The lowest BCUT2D eigenvalue weighted by Crippen LogP contribution is -2.40. The van der Waals surface area contributed by atoms with Gasteiger partial charge in [0.1, 0.15) is 5.60 Å². The molecule has 1 saturated carbocycles. The summed E-state index contributed by atoms with van der Waals surface area (Å²) in [6, 6.07) is 0. The van der Waals surface area contributed by atoms with E-state index in [1.54, 1.807) is 0 Å². The molecule has 1 aliphatic rings. The molecule has 0 amide bonds. The first-order valence-electron chi connectivity index (χ1n) is 8.19. The van der Waals surface area contributed by atoms with Crippen LogP contribution in [0, 0.1) is 5.41 Å². The second-order valence-electron chi connectivity index (χ2n) is 6.77. The molecule has 1 fully saturated rings. The van der Waals surface area contributed by atoms with Gasteiger partial charge in [0.25, 0.3) is 0 Å². The van der Waals surface area contributed by atoms with Crippen molar-refractivity contribution >= 4 is 5.97 Å². The highest BCUT2D eigenvalue weighted by molar-refractivity contribution is 5.76. The summed E-state index contributed by atoms with van der Waals surface area (Å²) in [4.78, 5) is 12.5. The second-order valence-corrected chi connectivity index (χ2v) is 6.77. The van der Waals surface area contributed by atoms with Crippen molar-refractivity contribution in [1.29, 1.82) is 0 Å². The van der Waals surface area contributed by atoms with E-state index in [1.165, 1.54) is 32.1 Å². The Hall–Kier alpha value is -0.530. The summed E-state index contributed by atoms with van der Waals surface area (Å²) in [6.45, 7) is 8.50. The number of unbranched alkanes of at least 4 members (excludes halogenated alkanes) is 2. The molecule has 1 atom stereocenters. The molecule has 0 N–H and O–H groups in total. The van der Waals surface area contributed by atoms with Crippen LogP contribution in [-0.2, 0) is 9.53 Å². The van der Waals surface area contributed by atoms with Crippen molar-refractivity contribution in [3.63, 3.8) is 0 Å². The minimum absolute atomic E-state index is 0.0375. The smallest absolute Gasteiger partial charge is 0.312 e. The Labute approximate surface area is 119 Å². The van der Waals surface area contributed by atoms with Crippen molar-refractivity contribution in [2.24, 2.45) is 5.41 Å². The monoisotopic (exact) mass is 268 g/mol. The lowest BCUT2D eigenvalue weighted by Gasteiger charge is -2.37. The average Bonchev–Trinajstić information content (AvgIpc) is 2.39. The van der Waals surface area contributed by atoms with Gasteiger partial charge in [0.2, 0.25) is 0 Å². The van der Waals surface area contributed by atoms with Crippen LogP contribution < -0.4 is 0 Å². The molecule has 1 unspecified atom stereocenters. The predicted molar refractivity (Wildman–Crippen MR) is 80.1 cm³/mol. The Morgan fingerprint density at radius 3 is 2.32 bits per heavy atom. The average molecular weight is 268 g/mol. The SMILES string of the molecule is CCCCCC(C)(CC)C(=O)OC1(C)CCCCC1. The summed E-state index contributed by atoms with van der Waals surface area (Å²) in [5.41, 5.74) is -0.480. The van der Waals surface area contributed by atoms with Gasteiger partial charge in [-0.05, 0) is 52.4 Å². The highest BCUT2D eigenvalue weighted by Crippen LogP contribution is 2.36. The quantitative estimate of drug-likeness (QED) is 0.465. The van der Waals surface area contributed by atoms with Crippen LogP contribution in [0.25, 0.3) is 0 Å². The summed E-state index contributed by atoms with van der Waals surface area (Å²) in [5, 5.41) is 0. The molecular weight excluding hydrogens is 236 g/mol. The molecule has 0 bridgehead atoms. The molecule has 0 aromatic carbocycles. The molecule has 2 nitrogen and oxygen atoms in total. The van der Waals surface area contributed by atoms with Crippen LogP contribution in [0.3, 0.4) is 0 Å². The van der Waals surface area contributed by atoms with Gasteiger partial charge in [-0.2, -0.15) is 0 Å². The predicted octanol–water partition coefficient (Wildman–Crippen LogP) is 5.25. The Kier molecular flexibility index (Phi) is 6.35. The third-order valence-electron chi connectivity index (χ3n) is 4.86. The summed E-state index contributed by atoms with van der Waals surface area (Å²) in [6.07, 6.45) is 11.1. The molecule has 0 aliphatic heterocycles. The maximum absolute atomic E-state index is 12.5. The third kappa shape index (κ3) is 4.81. The van der Waals surface area contributed by atoms with E-state index in [0.29, 0.717) is 0 Å². The topological polar surface area (TPSA) is 26.3 Å². The van der Waals surface area contributed by atoms with E-state index in [4.69, 9.17) is 4.74 Å². The number of hydrogen-bond donors (Lipinski definition) is 0. The minimum Gasteiger partial charge on any atom is -0.459 e. The molecule has 0 aromatic rings. The number of ether oxygens (including phenoxy) is 1. The van der Waals surface area contributed by atoms with Crippen molar-refractivity contribution in [3.05, 3.63) is 0 Å². The molecule has 1 rings (SSSR count). The zero-order chi connectivity index (χ0) is 14.4. The van der Waals surface area contributed by atoms with Gasteiger partial charge in [-0.25, -0.2) is 0 Å². The fraction of sp³-hybridized carbons (Fsp3) is 0.941. The largest absolute Gasteiger partial charge is 0.459 e. The highest BCUT2D eigenvalue weighted by Gasteiger charge is 2.38. The van der Waals surface area contributed by atoms with E-state index in [2.05, 4.69) is 27.7 Å². The molecule has 19 heavy (non-hydrogen) atoms. The lowest BCUT2D eigenvalue weighted by molar-refractivity contribution is -0.173. The van der Waals surface area contributed by atoms with E-state index < -0.39 is 0 Å². The van der Waals surface area contributed by atoms with Crippen molar-refractivity contribution in [2.45, 2.75) is 97.5 Å². The van der Waals surface area contributed by atoms with E-state index in [0.717, 1.165) is 32.1 Å². The standard InChI is InChI=1S/C17H32O2/c1-5-7-9-12-16(3,6-2)15(18)19-17(4)13-10-8-11-14-17/h5-14H2,1-4H3. The van der Waals surface area contributed by atoms with E-state index in [-0.39, 0.29) is 17.0 Å². The van der Waals surface area contributed by atoms with Crippen LogP contribution in [0.4, 0.5) is 0 Å². The maximum Gasteiger partial charge on any atom is 0.312 e.